The van der Waals surface area contributed by atoms with Gasteiger partial charge in [-0.2, -0.15) is 0 Å². The van der Waals surface area contributed by atoms with Crippen molar-refractivity contribution in [1.82, 2.24) is 4.90 Å². The van der Waals surface area contributed by atoms with Crippen molar-refractivity contribution in [1.29, 1.82) is 0 Å². The molecule has 1 saturated carbocycles. The SMILES string of the molecule is COC(=O)C1CC2CC(C1)CN(Cc1ccccc1)C2. The molecule has 0 radical (unpaired) electrons. The number of ether oxygens (including phenoxy) is 1. The molecule has 1 aliphatic heterocycles. The van der Waals surface area contributed by atoms with Crippen LogP contribution in [0.1, 0.15) is 24.8 Å². The maximum Gasteiger partial charge on any atom is 0.308 e. The lowest BCUT2D eigenvalue weighted by Crippen LogP contribution is -2.45. The van der Waals surface area contributed by atoms with Crippen molar-refractivity contribution >= 4 is 5.97 Å². The van der Waals surface area contributed by atoms with E-state index in [1.807, 2.05) is 0 Å². The predicted molar refractivity (Wildman–Crippen MR) is 78.1 cm³/mol. The molecule has 1 aromatic rings. The average molecular weight is 273 g/mol. The van der Waals surface area contributed by atoms with Gasteiger partial charge in [-0.25, -0.2) is 0 Å². The summed E-state index contributed by atoms with van der Waals surface area (Å²) in [6, 6.07) is 10.7. The molecule has 3 nitrogen and oxygen atoms in total. The molecule has 0 spiro atoms. The minimum Gasteiger partial charge on any atom is -0.469 e. The lowest BCUT2D eigenvalue weighted by atomic mass is 9.72. The van der Waals surface area contributed by atoms with E-state index < -0.39 is 0 Å². The van der Waals surface area contributed by atoms with Crippen LogP contribution in [0.3, 0.4) is 0 Å². The molecule has 3 heteroatoms. The van der Waals surface area contributed by atoms with E-state index in [2.05, 4.69) is 35.2 Å². The van der Waals surface area contributed by atoms with E-state index in [0.717, 1.165) is 32.5 Å². The smallest absolute Gasteiger partial charge is 0.308 e. The quantitative estimate of drug-likeness (QED) is 0.793. The first-order valence-electron chi connectivity index (χ1n) is 7.58. The molecule has 3 rings (SSSR count). The fraction of sp³-hybridized carbons (Fsp3) is 0.588. The fourth-order valence-corrected chi connectivity index (χ4v) is 4.00. The van der Waals surface area contributed by atoms with Crippen molar-refractivity contribution in [2.75, 3.05) is 20.2 Å². The lowest BCUT2D eigenvalue weighted by molar-refractivity contribution is -0.148. The van der Waals surface area contributed by atoms with Crippen LogP contribution in [0.25, 0.3) is 0 Å². The van der Waals surface area contributed by atoms with Gasteiger partial charge in [0.25, 0.3) is 0 Å². The number of piperidine rings is 1. The van der Waals surface area contributed by atoms with Gasteiger partial charge in [0, 0.05) is 19.6 Å². The predicted octanol–water partition coefficient (Wildman–Crippen LogP) is 2.71. The molecular weight excluding hydrogens is 250 g/mol. The molecule has 2 fully saturated rings. The largest absolute Gasteiger partial charge is 0.469 e. The van der Waals surface area contributed by atoms with Crippen LogP contribution < -0.4 is 0 Å². The van der Waals surface area contributed by atoms with E-state index in [1.165, 1.54) is 19.1 Å². The summed E-state index contributed by atoms with van der Waals surface area (Å²) in [6.07, 6.45) is 3.31. The normalized spacial score (nSPS) is 29.9. The molecule has 0 N–H and O–H groups in total. The molecule has 2 aliphatic rings. The second kappa shape index (κ2) is 5.96. The van der Waals surface area contributed by atoms with Crippen LogP contribution in [-0.2, 0) is 16.1 Å². The van der Waals surface area contributed by atoms with Gasteiger partial charge >= 0.3 is 5.97 Å². The average Bonchev–Trinajstić information content (AvgIpc) is 2.46. The van der Waals surface area contributed by atoms with Crippen LogP contribution in [0.2, 0.25) is 0 Å². The second-order valence-corrected chi connectivity index (χ2v) is 6.34. The second-order valence-electron chi connectivity index (χ2n) is 6.34. The van der Waals surface area contributed by atoms with E-state index in [9.17, 15) is 4.79 Å². The standard InChI is InChI=1S/C17H23NO2/c1-20-17(19)16-8-14-7-15(9-16)12-18(11-14)10-13-5-3-2-4-6-13/h2-6,14-16H,7-12H2,1H3. The summed E-state index contributed by atoms with van der Waals surface area (Å²) in [5.41, 5.74) is 1.39. The molecule has 2 unspecified atom stereocenters. The van der Waals surface area contributed by atoms with Gasteiger partial charge in [0.05, 0.1) is 13.0 Å². The number of benzene rings is 1. The molecule has 0 amide bonds. The monoisotopic (exact) mass is 273 g/mol. The minimum absolute atomic E-state index is 0.00351. The Labute approximate surface area is 120 Å². The molecule has 2 atom stereocenters. The van der Waals surface area contributed by atoms with Gasteiger partial charge in [-0.3, -0.25) is 9.69 Å². The third-order valence-corrected chi connectivity index (χ3v) is 4.72. The van der Waals surface area contributed by atoms with Gasteiger partial charge in [0.15, 0.2) is 0 Å². The Balaban J connectivity index is 1.60. The number of likely N-dealkylation sites (tertiary alicyclic amines) is 1. The summed E-state index contributed by atoms with van der Waals surface area (Å²) in [5, 5.41) is 0. The lowest BCUT2D eigenvalue weighted by Gasteiger charge is -2.43. The van der Waals surface area contributed by atoms with Gasteiger partial charge in [-0.05, 0) is 36.7 Å². The van der Waals surface area contributed by atoms with Crippen molar-refractivity contribution in [3.05, 3.63) is 35.9 Å². The number of methoxy groups -OCH3 is 1. The molecule has 1 aromatic carbocycles. The first-order chi connectivity index (χ1) is 9.74. The number of carbonyl (C=O) groups is 1. The molecule has 20 heavy (non-hydrogen) atoms. The Morgan fingerprint density at radius 3 is 2.40 bits per heavy atom. The van der Waals surface area contributed by atoms with Crippen LogP contribution in [0, 0.1) is 17.8 Å². The summed E-state index contributed by atoms with van der Waals surface area (Å²) in [5.74, 6) is 1.46. The highest BCUT2D eigenvalue weighted by Gasteiger charge is 2.38. The Kier molecular flexibility index (Phi) is 4.06. The summed E-state index contributed by atoms with van der Waals surface area (Å²) >= 11 is 0. The van der Waals surface area contributed by atoms with Gasteiger partial charge < -0.3 is 4.74 Å². The summed E-state index contributed by atoms with van der Waals surface area (Å²) in [4.78, 5) is 14.3. The maximum absolute atomic E-state index is 11.7. The highest BCUT2D eigenvalue weighted by Crippen LogP contribution is 2.38. The van der Waals surface area contributed by atoms with Crippen molar-refractivity contribution in [3.63, 3.8) is 0 Å². The number of carbonyl (C=O) groups excluding carboxylic acids is 1. The van der Waals surface area contributed by atoms with Gasteiger partial charge in [-0.15, -0.1) is 0 Å². The van der Waals surface area contributed by atoms with Crippen molar-refractivity contribution < 1.29 is 9.53 Å². The first-order valence-corrected chi connectivity index (χ1v) is 7.58. The summed E-state index contributed by atoms with van der Waals surface area (Å²) in [6.45, 7) is 3.29. The Bertz CT molecular complexity index is 445. The number of nitrogens with zero attached hydrogens (tertiary/aromatic N) is 1. The van der Waals surface area contributed by atoms with Crippen molar-refractivity contribution in [2.24, 2.45) is 17.8 Å². The first kappa shape index (κ1) is 13.6. The van der Waals surface area contributed by atoms with E-state index in [0.29, 0.717) is 11.8 Å². The number of fused-ring (bicyclic) bond motifs is 2. The minimum atomic E-state index is -0.00351. The van der Waals surface area contributed by atoms with Gasteiger partial charge in [0.1, 0.15) is 0 Å². The number of esters is 1. The highest BCUT2D eigenvalue weighted by molar-refractivity contribution is 5.72. The van der Waals surface area contributed by atoms with E-state index in [-0.39, 0.29) is 11.9 Å². The Morgan fingerprint density at radius 2 is 1.80 bits per heavy atom. The fourth-order valence-electron chi connectivity index (χ4n) is 4.00. The van der Waals surface area contributed by atoms with Crippen molar-refractivity contribution in [3.8, 4) is 0 Å². The molecule has 0 aromatic heterocycles. The highest BCUT2D eigenvalue weighted by atomic mass is 16.5. The van der Waals surface area contributed by atoms with E-state index >= 15 is 0 Å². The van der Waals surface area contributed by atoms with E-state index in [4.69, 9.17) is 4.74 Å². The third-order valence-electron chi connectivity index (χ3n) is 4.72. The topological polar surface area (TPSA) is 29.5 Å². The third kappa shape index (κ3) is 3.04. The van der Waals surface area contributed by atoms with E-state index in [1.54, 1.807) is 0 Å². The zero-order chi connectivity index (χ0) is 13.9. The Morgan fingerprint density at radius 1 is 1.15 bits per heavy atom. The molecule has 108 valence electrons. The summed E-state index contributed by atoms with van der Waals surface area (Å²) < 4.78 is 4.92. The van der Waals surface area contributed by atoms with Crippen LogP contribution >= 0.6 is 0 Å². The zero-order valence-corrected chi connectivity index (χ0v) is 12.1. The molecular formula is C17H23NO2. The van der Waals surface area contributed by atoms with Crippen LogP contribution in [0.15, 0.2) is 30.3 Å². The molecule has 1 saturated heterocycles. The summed E-state index contributed by atoms with van der Waals surface area (Å²) in [7, 11) is 1.51. The molecule has 1 aliphatic carbocycles. The van der Waals surface area contributed by atoms with Crippen LogP contribution in [-0.4, -0.2) is 31.1 Å². The van der Waals surface area contributed by atoms with Crippen LogP contribution in [0.4, 0.5) is 0 Å². The number of hydrogen-bond donors (Lipinski definition) is 0. The Hall–Kier alpha value is -1.35. The van der Waals surface area contributed by atoms with Crippen molar-refractivity contribution in [2.45, 2.75) is 25.8 Å². The van der Waals surface area contributed by atoms with Crippen LogP contribution in [0.5, 0.6) is 0 Å². The molecule has 1 heterocycles. The maximum atomic E-state index is 11.7. The zero-order valence-electron chi connectivity index (χ0n) is 12.1. The molecule has 2 bridgehead atoms. The number of rotatable bonds is 3. The van der Waals surface area contributed by atoms with Gasteiger partial charge in [0.2, 0.25) is 0 Å². The van der Waals surface area contributed by atoms with Gasteiger partial charge in [-0.1, -0.05) is 30.3 Å². The number of hydrogen-bond acceptors (Lipinski definition) is 3.